The fraction of sp³-hybridized carbons (Fsp3) is 0.0625. The lowest BCUT2D eigenvalue weighted by molar-refractivity contribution is 0.0469. The van der Waals surface area contributed by atoms with Gasteiger partial charge in [-0.1, -0.05) is 34.1 Å². The highest BCUT2D eigenvalue weighted by molar-refractivity contribution is 9.10. The molecule has 5 nitrogen and oxygen atoms in total. The van der Waals surface area contributed by atoms with Crippen molar-refractivity contribution in [2.24, 2.45) is 0 Å². The van der Waals surface area contributed by atoms with E-state index in [2.05, 4.69) is 20.9 Å². The third-order valence-corrected chi connectivity index (χ3v) is 3.55. The lowest BCUT2D eigenvalue weighted by atomic mass is 10.1. The number of halogens is 1. The van der Waals surface area contributed by atoms with Crippen LogP contribution < -0.4 is 0 Å². The molecule has 6 heteroatoms. The zero-order valence-corrected chi connectivity index (χ0v) is 13.0. The van der Waals surface area contributed by atoms with Gasteiger partial charge in [0.2, 0.25) is 0 Å². The summed E-state index contributed by atoms with van der Waals surface area (Å²) in [5, 5.41) is 0. The number of ketones is 1. The second kappa shape index (κ2) is 6.11. The molecule has 0 fully saturated rings. The van der Waals surface area contributed by atoms with Crippen molar-refractivity contribution in [2.75, 3.05) is 6.61 Å². The lowest BCUT2D eigenvalue weighted by Crippen LogP contribution is -2.14. The maximum atomic E-state index is 12.0. The number of fused-ring (bicyclic) bond motifs is 1. The zero-order valence-electron chi connectivity index (χ0n) is 11.4. The average Bonchev–Trinajstić information content (AvgIpc) is 2.96. The van der Waals surface area contributed by atoms with Gasteiger partial charge in [-0.25, -0.2) is 9.78 Å². The first-order chi connectivity index (χ1) is 10.6. The number of hydrogen-bond donors (Lipinski definition) is 0. The number of esters is 1. The summed E-state index contributed by atoms with van der Waals surface area (Å²) in [5.74, 6) is -0.884. The molecule has 0 bridgehead atoms. The predicted octanol–water partition coefficient (Wildman–Crippen LogP) is 3.14. The van der Waals surface area contributed by atoms with Crippen molar-refractivity contribution in [2.45, 2.75) is 0 Å². The summed E-state index contributed by atoms with van der Waals surface area (Å²) in [6.07, 6.45) is 3.35. The van der Waals surface area contributed by atoms with Crippen LogP contribution in [0, 0.1) is 0 Å². The minimum absolute atomic E-state index is 0.174. The minimum atomic E-state index is -0.618. The molecule has 110 valence electrons. The van der Waals surface area contributed by atoms with Gasteiger partial charge in [-0.15, -0.1) is 0 Å². The standard InChI is InChI=1S/C16H11BrN2O3/c17-12-5-3-4-11(8-12)14(20)10-22-16(21)13-9-19-7-2-1-6-15(19)18-13/h1-9H,10H2. The van der Waals surface area contributed by atoms with E-state index in [4.69, 9.17) is 4.74 Å². The molecule has 0 amide bonds. The molecule has 0 spiro atoms. The Morgan fingerprint density at radius 2 is 2.05 bits per heavy atom. The molecule has 0 radical (unpaired) electrons. The second-order valence-corrected chi connectivity index (χ2v) is 5.52. The summed E-state index contributed by atoms with van der Waals surface area (Å²) in [6, 6.07) is 12.4. The minimum Gasteiger partial charge on any atom is -0.453 e. The van der Waals surface area contributed by atoms with Gasteiger partial charge in [0.05, 0.1) is 0 Å². The number of hydrogen-bond acceptors (Lipinski definition) is 4. The Kier molecular flexibility index (Phi) is 4.02. The molecule has 0 unspecified atom stereocenters. The van der Waals surface area contributed by atoms with E-state index in [0.29, 0.717) is 11.2 Å². The van der Waals surface area contributed by atoms with Gasteiger partial charge in [0.15, 0.2) is 18.1 Å². The number of Topliss-reactive ketones (excluding diaryl/α,β-unsaturated/α-hetero) is 1. The van der Waals surface area contributed by atoms with Gasteiger partial charge in [-0.2, -0.15) is 0 Å². The van der Waals surface area contributed by atoms with Crippen molar-refractivity contribution >= 4 is 33.3 Å². The van der Waals surface area contributed by atoms with Crippen molar-refractivity contribution < 1.29 is 14.3 Å². The van der Waals surface area contributed by atoms with Crippen LogP contribution in [-0.2, 0) is 4.74 Å². The first kappa shape index (κ1) is 14.5. The number of imidazole rings is 1. The van der Waals surface area contributed by atoms with Gasteiger partial charge in [-0.05, 0) is 24.3 Å². The fourth-order valence-electron chi connectivity index (χ4n) is 1.98. The number of ether oxygens (including phenoxy) is 1. The Bertz CT molecular complexity index is 824. The molecule has 0 atom stereocenters. The van der Waals surface area contributed by atoms with Gasteiger partial charge >= 0.3 is 5.97 Å². The number of benzene rings is 1. The number of carbonyl (C=O) groups excluding carboxylic acids is 2. The highest BCUT2D eigenvalue weighted by atomic mass is 79.9. The van der Waals surface area contributed by atoms with Crippen LogP contribution in [0.4, 0.5) is 0 Å². The van der Waals surface area contributed by atoms with Crippen LogP contribution in [0.25, 0.3) is 5.65 Å². The third kappa shape index (κ3) is 3.07. The highest BCUT2D eigenvalue weighted by Gasteiger charge is 2.15. The van der Waals surface area contributed by atoms with Gasteiger partial charge < -0.3 is 9.14 Å². The quantitative estimate of drug-likeness (QED) is 0.531. The van der Waals surface area contributed by atoms with Crippen LogP contribution in [0.2, 0.25) is 0 Å². The van der Waals surface area contributed by atoms with E-state index in [1.165, 1.54) is 0 Å². The fourth-order valence-corrected chi connectivity index (χ4v) is 2.38. The van der Waals surface area contributed by atoms with Gasteiger partial charge in [0, 0.05) is 22.4 Å². The Morgan fingerprint density at radius 3 is 2.82 bits per heavy atom. The monoisotopic (exact) mass is 358 g/mol. The summed E-state index contributed by atoms with van der Waals surface area (Å²) >= 11 is 3.29. The average molecular weight is 359 g/mol. The molecule has 0 saturated heterocycles. The van der Waals surface area contributed by atoms with Crippen LogP contribution in [-0.4, -0.2) is 27.7 Å². The predicted molar refractivity (Wildman–Crippen MR) is 83.9 cm³/mol. The van der Waals surface area contributed by atoms with Crippen molar-refractivity contribution in [3.8, 4) is 0 Å². The van der Waals surface area contributed by atoms with Crippen molar-refractivity contribution in [1.82, 2.24) is 9.38 Å². The van der Waals surface area contributed by atoms with E-state index in [0.717, 1.165) is 4.47 Å². The van der Waals surface area contributed by atoms with Gasteiger partial charge in [0.25, 0.3) is 0 Å². The molecule has 0 aliphatic heterocycles. The van der Waals surface area contributed by atoms with E-state index in [1.54, 1.807) is 41.1 Å². The second-order valence-electron chi connectivity index (χ2n) is 4.60. The normalized spacial score (nSPS) is 10.6. The van der Waals surface area contributed by atoms with Crippen molar-refractivity contribution in [3.05, 3.63) is 70.6 Å². The molecule has 1 aromatic carbocycles. The lowest BCUT2D eigenvalue weighted by Gasteiger charge is -2.03. The first-order valence-electron chi connectivity index (χ1n) is 6.53. The summed E-state index contributed by atoms with van der Waals surface area (Å²) < 4.78 is 7.55. The van der Waals surface area contributed by atoms with E-state index in [-0.39, 0.29) is 18.1 Å². The maximum Gasteiger partial charge on any atom is 0.359 e. The molecule has 2 heterocycles. The number of carbonyl (C=O) groups is 2. The first-order valence-corrected chi connectivity index (χ1v) is 7.32. The van der Waals surface area contributed by atoms with Crippen LogP contribution >= 0.6 is 15.9 Å². The molecule has 0 aliphatic rings. The molecule has 3 rings (SSSR count). The van der Waals surface area contributed by atoms with Crippen LogP contribution in [0.1, 0.15) is 20.8 Å². The van der Waals surface area contributed by atoms with Crippen molar-refractivity contribution in [1.29, 1.82) is 0 Å². The summed E-state index contributed by atoms with van der Waals surface area (Å²) in [7, 11) is 0. The zero-order chi connectivity index (χ0) is 15.5. The molecule has 3 aromatic rings. The highest BCUT2D eigenvalue weighted by Crippen LogP contribution is 2.12. The molecule has 2 aromatic heterocycles. The molecule has 0 N–H and O–H groups in total. The Hall–Kier alpha value is -2.47. The summed E-state index contributed by atoms with van der Waals surface area (Å²) in [4.78, 5) is 28.1. The van der Waals surface area contributed by atoms with E-state index < -0.39 is 5.97 Å². The molecule has 0 saturated carbocycles. The van der Waals surface area contributed by atoms with Gasteiger partial charge in [-0.3, -0.25) is 4.79 Å². The summed E-state index contributed by atoms with van der Waals surface area (Å²) in [6.45, 7) is -0.316. The Balaban J connectivity index is 1.68. The van der Waals surface area contributed by atoms with Gasteiger partial charge in [0.1, 0.15) is 5.65 Å². The van der Waals surface area contributed by atoms with Crippen LogP contribution in [0.15, 0.2) is 59.3 Å². The van der Waals surface area contributed by atoms with E-state index in [1.807, 2.05) is 18.2 Å². The van der Waals surface area contributed by atoms with E-state index >= 15 is 0 Å². The smallest absolute Gasteiger partial charge is 0.359 e. The molecule has 0 aliphatic carbocycles. The number of pyridine rings is 1. The number of nitrogens with zero attached hydrogens (tertiary/aromatic N) is 2. The Labute approximate surface area is 134 Å². The topological polar surface area (TPSA) is 60.7 Å². The maximum absolute atomic E-state index is 12.0. The SMILES string of the molecule is O=C(COC(=O)c1cn2ccccc2n1)c1cccc(Br)c1. The van der Waals surface area contributed by atoms with Crippen LogP contribution in [0.3, 0.4) is 0 Å². The largest absolute Gasteiger partial charge is 0.453 e. The van der Waals surface area contributed by atoms with E-state index in [9.17, 15) is 9.59 Å². The molecular weight excluding hydrogens is 348 g/mol. The summed E-state index contributed by atoms with van der Waals surface area (Å²) in [5.41, 5.74) is 1.30. The third-order valence-electron chi connectivity index (χ3n) is 3.05. The molecular formula is C16H11BrN2O3. The van der Waals surface area contributed by atoms with Crippen molar-refractivity contribution in [3.63, 3.8) is 0 Å². The van der Waals surface area contributed by atoms with Crippen LogP contribution in [0.5, 0.6) is 0 Å². The number of aromatic nitrogens is 2. The molecule has 22 heavy (non-hydrogen) atoms. The number of rotatable bonds is 4. The Morgan fingerprint density at radius 1 is 1.18 bits per heavy atom.